The highest BCUT2D eigenvalue weighted by molar-refractivity contribution is 5.66. The Hall–Kier alpha value is -1.41. The summed E-state index contributed by atoms with van der Waals surface area (Å²) in [6.07, 6.45) is -5.11. The molecule has 24 heteroatoms. The first-order valence-corrected chi connectivity index (χ1v) is 23.1. The van der Waals surface area contributed by atoms with Crippen molar-refractivity contribution < 1.29 is 120 Å². The van der Waals surface area contributed by atoms with Crippen LogP contribution in [0.3, 0.4) is 0 Å². The van der Waals surface area contributed by atoms with Gasteiger partial charge in [-0.05, 0) is 6.42 Å². The lowest BCUT2D eigenvalue weighted by Gasteiger charge is -2.43. The summed E-state index contributed by atoms with van der Waals surface area (Å²) in [7, 11) is 0. The number of aliphatic carboxylic acids is 1. The standard InChI is InChI=1S/C18H36O2.2C12H22O11/c1-2-3-4-5-6-7-8-9-10-11-12-13-14-15-16-17-18(19)20;2*13-1-4-6(16)8(18)9(19)11(21-4)23-12(3-15)10(20)7(17)5(2-14)22-12/h2-17H2,1H3,(H,19,20);2*4-11,13-20H,1-3H2/t;2*4-,5-,6-,7-,8+,9-,10+,11-,12+/m.11/s1. The number of hydrogen-bond donors (Lipinski definition) is 17. The number of aliphatic hydroxyl groups excluding tert-OH is 16. The van der Waals surface area contributed by atoms with E-state index >= 15 is 0 Å². The van der Waals surface area contributed by atoms with Crippen molar-refractivity contribution in [2.24, 2.45) is 0 Å². The smallest absolute Gasteiger partial charge is 0.303 e. The second-order valence-corrected chi connectivity index (χ2v) is 17.2. The van der Waals surface area contributed by atoms with Crippen molar-refractivity contribution in [2.75, 3.05) is 39.6 Å². The van der Waals surface area contributed by atoms with Gasteiger partial charge in [-0.3, -0.25) is 4.79 Å². The average molecular weight is 969 g/mol. The van der Waals surface area contributed by atoms with Gasteiger partial charge < -0.3 is 115 Å². The van der Waals surface area contributed by atoms with Crippen LogP contribution in [0.15, 0.2) is 0 Å². The maximum absolute atomic E-state index is 10.3. The van der Waals surface area contributed by atoms with E-state index in [2.05, 4.69) is 6.92 Å². The maximum atomic E-state index is 10.3. The average Bonchev–Trinajstić information content (AvgIpc) is 3.71. The molecule has 0 aromatic carbocycles. The predicted molar refractivity (Wildman–Crippen MR) is 224 cm³/mol. The van der Waals surface area contributed by atoms with E-state index in [0.29, 0.717) is 6.42 Å². The summed E-state index contributed by atoms with van der Waals surface area (Å²) in [5, 5.41) is 162. The zero-order valence-electron chi connectivity index (χ0n) is 37.8. The molecule has 0 bridgehead atoms. The molecule has 18 atom stereocenters. The number of hydrogen-bond acceptors (Lipinski definition) is 23. The quantitative estimate of drug-likeness (QED) is 0.0364. The van der Waals surface area contributed by atoms with Gasteiger partial charge in [0.05, 0.1) is 26.4 Å². The Morgan fingerprint density at radius 3 is 0.985 bits per heavy atom. The van der Waals surface area contributed by atoms with Crippen LogP contribution in [0, 0.1) is 0 Å². The summed E-state index contributed by atoms with van der Waals surface area (Å²) >= 11 is 0. The van der Waals surface area contributed by atoms with E-state index in [9.17, 15) is 66.1 Å². The van der Waals surface area contributed by atoms with Crippen LogP contribution in [0.2, 0.25) is 0 Å². The van der Waals surface area contributed by atoms with Crippen molar-refractivity contribution >= 4 is 5.97 Å². The summed E-state index contributed by atoms with van der Waals surface area (Å²) in [5.41, 5.74) is 0. The van der Waals surface area contributed by atoms with Gasteiger partial charge in [0.2, 0.25) is 11.6 Å². The molecule has 24 nitrogen and oxygen atoms in total. The van der Waals surface area contributed by atoms with Gasteiger partial charge in [-0.2, -0.15) is 0 Å². The molecule has 17 N–H and O–H groups in total. The fourth-order valence-corrected chi connectivity index (χ4v) is 7.91. The summed E-state index contributed by atoms with van der Waals surface area (Å²) in [6.45, 7) is -2.37. The molecule has 4 aliphatic heterocycles. The van der Waals surface area contributed by atoms with E-state index in [0.717, 1.165) is 12.8 Å². The van der Waals surface area contributed by atoms with Gasteiger partial charge in [-0.15, -0.1) is 0 Å². The summed E-state index contributed by atoms with van der Waals surface area (Å²) in [6, 6.07) is 0. The Morgan fingerprint density at radius 2 is 0.727 bits per heavy atom. The molecule has 0 amide bonds. The van der Waals surface area contributed by atoms with Crippen molar-refractivity contribution in [1.82, 2.24) is 0 Å². The normalized spacial score (nSPS) is 38.9. The van der Waals surface area contributed by atoms with Crippen LogP contribution in [0.4, 0.5) is 0 Å². The number of ether oxygens (including phenoxy) is 6. The molecule has 66 heavy (non-hydrogen) atoms. The molecule has 0 spiro atoms. The van der Waals surface area contributed by atoms with Crippen LogP contribution in [0.1, 0.15) is 110 Å². The molecule has 0 aromatic rings. The SMILES string of the molecule is CCCCCCCCCCCCCCCCCC(=O)O.OC[C@H]1O[C@@](CO)(O[C@H]2O[C@H](CO)[C@@H](O)[C@H](O)[C@H]2O)[C@@H](O)[C@@H]1O.OC[C@H]1O[C@@](CO)(O[C@H]2O[C@H](CO)[C@@H](O)[C@H](O)[C@H]2O)[C@@H](O)[C@@H]1O. The first-order valence-electron chi connectivity index (χ1n) is 23.1. The molecule has 0 aliphatic carbocycles. The maximum Gasteiger partial charge on any atom is 0.303 e. The van der Waals surface area contributed by atoms with Gasteiger partial charge in [-0.25, -0.2) is 0 Å². The summed E-state index contributed by atoms with van der Waals surface area (Å²) in [5.74, 6) is -5.10. The molecule has 0 unspecified atom stereocenters. The lowest BCUT2D eigenvalue weighted by atomic mass is 9.99. The molecular weight excluding hydrogens is 888 g/mol. The van der Waals surface area contributed by atoms with Crippen LogP contribution in [-0.4, -0.2) is 242 Å². The fraction of sp³-hybridized carbons (Fsp3) is 0.976. The van der Waals surface area contributed by atoms with Crippen LogP contribution in [0.5, 0.6) is 0 Å². The van der Waals surface area contributed by atoms with E-state index in [-0.39, 0.29) is 0 Å². The third-order valence-electron chi connectivity index (χ3n) is 12.1. The number of unbranched alkanes of at least 4 members (excludes halogenated alkanes) is 14. The van der Waals surface area contributed by atoms with Gasteiger partial charge in [0.1, 0.15) is 98.7 Å². The highest BCUT2D eigenvalue weighted by atomic mass is 16.8. The predicted octanol–water partition coefficient (Wildman–Crippen LogP) is -4.46. The Morgan fingerprint density at radius 1 is 0.424 bits per heavy atom. The van der Waals surface area contributed by atoms with E-state index in [1.807, 2.05) is 0 Å². The molecule has 4 saturated heterocycles. The fourth-order valence-electron chi connectivity index (χ4n) is 7.91. The largest absolute Gasteiger partial charge is 0.481 e. The minimum atomic E-state index is -2.22. The van der Waals surface area contributed by atoms with Gasteiger partial charge in [0.15, 0.2) is 12.6 Å². The number of rotatable bonds is 26. The third-order valence-corrected chi connectivity index (χ3v) is 12.1. The Balaban J connectivity index is 0.000000342. The van der Waals surface area contributed by atoms with Crippen molar-refractivity contribution in [1.29, 1.82) is 0 Å². The van der Waals surface area contributed by atoms with Crippen molar-refractivity contribution in [3.63, 3.8) is 0 Å². The Bertz CT molecular complexity index is 1210. The van der Waals surface area contributed by atoms with E-state index in [1.54, 1.807) is 0 Å². The van der Waals surface area contributed by atoms with E-state index in [4.69, 9.17) is 54.0 Å². The van der Waals surface area contributed by atoms with E-state index in [1.165, 1.54) is 83.5 Å². The van der Waals surface area contributed by atoms with Crippen LogP contribution in [-0.2, 0) is 33.2 Å². The summed E-state index contributed by atoms with van der Waals surface area (Å²) < 4.78 is 30.9. The Labute approximate surface area is 384 Å². The van der Waals surface area contributed by atoms with Crippen molar-refractivity contribution in [2.45, 2.75) is 219 Å². The topological polar surface area (TPSA) is 416 Å². The van der Waals surface area contributed by atoms with Crippen LogP contribution >= 0.6 is 0 Å². The van der Waals surface area contributed by atoms with Crippen molar-refractivity contribution in [3.8, 4) is 0 Å². The molecule has 0 saturated carbocycles. The molecule has 4 rings (SSSR count). The molecule has 0 radical (unpaired) electrons. The summed E-state index contributed by atoms with van der Waals surface area (Å²) in [4.78, 5) is 10.3. The number of carboxylic acids is 1. The first kappa shape index (κ1) is 60.7. The van der Waals surface area contributed by atoms with Crippen molar-refractivity contribution in [3.05, 3.63) is 0 Å². The highest BCUT2D eigenvalue weighted by Crippen LogP contribution is 2.37. The second-order valence-electron chi connectivity index (χ2n) is 17.2. The molecule has 4 fully saturated rings. The monoisotopic (exact) mass is 969 g/mol. The number of aliphatic hydroxyl groups is 16. The lowest BCUT2D eigenvalue weighted by molar-refractivity contribution is -0.383. The lowest BCUT2D eigenvalue weighted by Crippen LogP contribution is -2.62. The molecule has 392 valence electrons. The van der Waals surface area contributed by atoms with Gasteiger partial charge >= 0.3 is 5.97 Å². The third kappa shape index (κ3) is 17.2. The van der Waals surface area contributed by atoms with Crippen LogP contribution in [0.25, 0.3) is 0 Å². The van der Waals surface area contributed by atoms with Gasteiger partial charge in [-0.1, -0.05) is 96.8 Å². The molecule has 4 heterocycles. The van der Waals surface area contributed by atoms with Gasteiger partial charge in [0, 0.05) is 6.42 Å². The molecule has 0 aromatic heterocycles. The minimum absolute atomic E-state index is 0.345. The van der Waals surface area contributed by atoms with E-state index < -0.39 is 155 Å². The highest BCUT2D eigenvalue weighted by Gasteiger charge is 2.60. The van der Waals surface area contributed by atoms with Crippen LogP contribution < -0.4 is 0 Å². The number of carbonyl (C=O) groups is 1. The van der Waals surface area contributed by atoms with Gasteiger partial charge in [0.25, 0.3) is 0 Å². The zero-order chi connectivity index (χ0) is 49.6. The first-order chi connectivity index (χ1) is 31.4. The Kier molecular flexibility index (Phi) is 28.5. The number of carboxylic acid groups (broad SMARTS) is 1. The second kappa shape index (κ2) is 31.0. The molecule has 4 aliphatic rings. The molecular formula is C42H80O24. The minimum Gasteiger partial charge on any atom is -0.481 e. The zero-order valence-corrected chi connectivity index (χ0v) is 37.8.